The van der Waals surface area contributed by atoms with Gasteiger partial charge in [0.2, 0.25) is 0 Å². The number of rotatable bonds is 5. The number of β-amino-alcohol motifs (C(OH)–C–C–N with tert-alkyl or cyclic N) is 1. The molecular weight excluding hydrogens is 349 g/mol. The number of benzene rings is 2. The Bertz CT molecular complexity index is 761. The second kappa shape index (κ2) is 8.83. The third-order valence-electron chi connectivity index (χ3n) is 4.72. The minimum Gasteiger partial charge on any atom is -0.453 e. The van der Waals surface area contributed by atoms with E-state index in [0.717, 1.165) is 31.7 Å². The SMILES string of the molecule is COC(=O)Nc1ccc(C(O)CN2CCN(c3ccccc3F)CC2)cc1. The fourth-order valence-corrected chi connectivity index (χ4v) is 3.19. The number of piperazine rings is 1. The summed E-state index contributed by atoms with van der Waals surface area (Å²) in [6.45, 7) is 3.46. The largest absolute Gasteiger partial charge is 0.453 e. The normalized spacial score (nSPS) is 16.0. The first kappa shape index (κ1) is 19.1. The Labute approximate surface area is 158 Å². The number of anilines is 2. The highest BCUT2D eigenvalue weighted by Crippen LogP contribution is 2.22. The number of hydrogen-bond acceptors (Lipinski definition) is 5. The molecule has 3 rings (SSSR count). The lowest BCUT2D eigenvalue weighted by Gasteiger charge is -2.37. The van der Waals surface area contributed by atoms with Gasteiger partial charge < -0.3 is 14.7 Å². The van der Waals surface area contributed by atoms with E-state index in [0.29, 0.717) is 17.9 Å². The number of para-hydroxylation sites is 1. The fraction of sp³-hybridized carbons (Fsp3) is 0.350. The lowest BCUT2D eigenvalue weighted by atomic mass is 10.1. The molecule has 2 N–H and O–H groups in total. The number of amides is 1. The minimum absolute atomic E-state index is 0.202. The lowest BCUT2D eigenvalue weighted by Crippen LogP contribution is -2.47. The maximum absolute atomic E-state index is 13.9. The molecule has 1 saturated heterocycles. The van der Waals surface area contributed by atoms with Gasteiger partial charge in [-0.3, -0.25) is 10.2 Å². The number of ether oxygens (including phenoxy) is 1. The first-order chi connectivity index (χ1) is 13.1. The Balaban J connectivity index is 1.51. The summed E-state index contributed by atoms with van der Waals surface area (Å²) in [7, 11) is 1.30. The van der Waals surface area contributed by atoms with Gasteiger partial charge in [-0.1, -0.05) is 24.3 Å². The zero-order chi connectivity index (χ0) is 19.2. The van der Waals surface area contributed by atoms with E-state index in [-0.39, 0.29) is 5.82 Å². The predicted molar refractivity (Wildman–Crippen MR) is 102 cm³/mol. The van der Waals surface area contributed by atoms with Crippen LogP contribution in [0.5, 0.6) is 0 Å². The molecule has 2 aromatic rings. The van der Waals surface area contributed by atoms with Crippen LogP contribution in [0.1, 0.15) is 11.7 Å². The number of nitrogens with one attached hydrogen (secondary N) is 1. The molecule has 1 aliphatic heterocycles. The van der Waals surface area contributed by atoms with Crippen molar-refractivity contribution >= 4 is 17.5 Å². The van der Waals surface area contributed by atoms with Gasteiger partial charge in [-0.15, -0.1) is 0 Å². The molecule has 0 radical (unpaired) electrons. The first-order valence-electron chi connectivity index (χ1n) is 8.91. The zero-order valence-electron chi connectivity index (χ0n) is 15.3. The van der Waals surface area contributed by atoms with Crippen molar-refractivity contribution in [3.63, 3.8) is 0 Å². The van der Waals surface area contributed by atoms with Crippen LogP contribution in [0.15, 0.2) is 48.5 Å². The summed E-state index contributed by atoms with van der Waals surface area (Å²) in [5, 5.41) is 13.1. The van der Waals surface area contributed by atoms with E-state index >= 15 is 0 Å². The van der Waals surface area contributed by atoms with Gasteiger partial charge in [-0.25, -0.2) is 9.18 Å². The van der Waals surface area contributed by atoms with Crippen LogP contribution in [0.3, 0.4) is 0 Å². The number of nitrogens with zero attached hydrogens (tertiary/aromatic N) is 2. The van der Waals surface area contributed by atoms with Gasteiger partial charge >= 0.3 is 6.09 Å². The Morgan fingerprint density at radius 3 is 2.44 bits per heavy atom. The smallest absolute Gasteiger partial charge is 0.411 e. The Morgan fingerprint density at radius 2 is 1.81 bits per heavy atom. The molecule has 7 heteroatoms. The first-order valence-corrected chi connectivity index (χ1v) is 8.91. The van der Waals surface area contributed by atoms with E-state index in [1.54, 1.807) is 36.4 Å². The third-order valence-corrected chi connectivity index (χ3v) is 4.72. The van der Waals surface area contributed by atoms with E-state index in [9.17, 15) is 14.3 Å². The van der Waals surface area contributed by atoms with E-state index < -0.39 is 12.2 Å². The van der Waals surface area contributed by atoms with Gasteiger partial charge in [0.25, 0.3) is 0 Å². The highest BCUT2D eigenvalue weighted by atomic mass is 19.1. The van der Waals surface area contributed by atoms with E-state index in [4.69, 9.17) is 0 Å². The lowest BCUT2D eigenvalue weighted by molar-refractivity contribution is 0.109. The van der Waals surface area contributed by atoms with Crippen molar-refractivity contribution in [1.29, 1.82) is 0 Å². The van der Waals surface area contributed by atoms with Crippen molar-refractivity contribution in [2.24, 2.45) is 0 Å². The number of halogens is 1. The summed E-state index contributed by atoms with van der Waals surface area (Å²) in [4.78, 5) is 15.4. The molecule has 0 aliphatic carbocycles. The van der Waals surface area contributed by atoms with Crippen LogP contribution < -0.4 is 10.2 Å². The predicted octanol–water partition coefficient (Wildman–Crippen LogP) is 2.86. The zero-order valence-corrected chi connectivity index (χ0v) is 15.3. The van der Waals surface area contributed by atoms with E-state index in [1.165, 1.54) is 13.2 Å². The molecule has 0 saturated carbocycles. The quantitative estimate of drug-likeness (QED) is 0.844. The van der Waals surface area contributed by atoms with Crippen molar-refractivity contribution < 1.29 is 19.0 Å². The number of methoxy groups -OCH3 is 1. The Morgan fingerprint density at radius 1 is 1.15 bits per heavy atom. The van der Waals surface area contributed by atoms with Gasteiger partial charge in [0.05, 0.1) is 18.9 Å². The molecule has 2 aromatic carbocycles. The molecule has 0 aromatic heterocycles. The van der Waals surface area contributed by atoms with Gasteiger partial charge in [0, 0.05) is 38.4 Å². The number of carbonyl (C=O) groups is 1. The fourth-order valence-electron chi connectivity index (χ4n) is 3.19. The Hall–Kier alpha value is -2.64. The summed E-state index contributed by atoms with van der Waals surface area (Å²) >= 11 is 0. The standard InChI is InChI=1S/C20H24FN3O3/c1-27-20(26)22-16-8-6-15(7-9-16)19(25)14-23-10-12-24(13-11-23)18-5-3-2-4-17(18)21/h2-9,19,25H,10-14H2,1H3,(H,22,26). The third kappa shape index (κ3) is 4.96. The second-order valence-electron chi connectivity index (χ2n) is 6.49. The summed E-state index contributed by atoms with van der Waals surface area (Å²) in [5.74, 6) is -0.202. The van der Waals surface area contributed by atoms with Crippen molar-refractivity contribution in [2.75, 3.05) is 50.1 Å². The molecular formula is C20H24FN3O3. The van der Waals surface area contributed by atoms with Crippen LogP contribution in [-0.4, -0.2) is 55.9 Å². The van der Waals surface area contributed by atoms with E-state index in [2.05, 4.69) is 15.0 Å². The number of aliphatic hydroxyl groups excluding tert-OH is 1. The Kier molecular flexibility index (Phi) is 6.26. The van der Waals surface area contributed by atoms with E-state index in [1.807, 2.05) is 11.0 Å². The van der Waals surface area contributed by atoms with Crippen molar-refractivity contribution in [2.45, 2.75) is 6.10 Å². The maximum atomic E-state index is 13.9. The van der Waals surface area contributed by atoms with Crippen molar-refractivity contribution in [3.8, 4) is 0 Å². The van der Waals surface area contributed by atoms with Gasteiger partial charge in [-0.2, -0.15) is 0 Å². The molecule has 144 valence electrons. The highest BCUT2D eigenvalue weighted by molar-refractivity contribution is 5.84. The molecule has 1 atom stereocenters. The van der Waals surface area contributed by atoms with Gasteiger partial charge in [0.15, 0.2) is 0 Å². The molecule has 6 nitrogen and oxygen atoms in total. The molecule has 27 heavy (non-hydrogen) atoms. The molecule has 1 heterocycles. The van der Waals surface area contributed by atoms with Crippen molar-refractivity contribution in [1.82, 2.24) is 4.90 Å². The number of aliphatic hydroxyl groups is 1. The highest BCUT2D eigenvalue weighted by Gasteiger charge is 2.21. The second-order valence-corrected chi connectivity index (χ2v) is 6.49. The number of hydrogen-bond donors (Lipinski definition) is 2. The molecule has 0 spiro atoms. The molecule has 1 unspecified atom stereocenters. The van der Waals surface area contributed by atoms with Crippen LogP contribution in [0.25, 0.3) is 0 Å². The van der Waals surface area contributed by atoms with Gasteiger partial charge in [-0.05, 0) is 29.8 Å². The molecule has 1 amide bonds. The molecule has 0 bridgehead atoms. The topological polar surface area (TPSA) is 65.0 Å². The number of carbonyl (C=O) groups excluding carboxylic acids is 1. The summed E-state index contributed by atoms with van der Waals surface area (Å²) in [6, 6.07) is 13.8. The minimum atomic E-state index is -0.628. The van der Waals surface area contributed by atoms with Crippen molar-refractivity contribution in [3.05, 3.63) is 59.9 Å². The van der Waals surface area contributed by atoms with Crippen LogP contribution in [0.2, 0.25) is 0 Å². The van der Waals surface area contributed by atoms with Crippen LogP contribution in [-0.2, 0) is 4.74 Å². The van der Waals surface area contributed by atoms with Crippen LogP contribution >= 0.6 is 0 Å². The van der Waals surface area contributed by atoms with Crippen LogP contribution in [0, 0.1) is 5.82 Å². The summed E-state index contributed by atoms with van der Waals surface area (Å²) in [5.41, 5.74) is 2.02. The molecule has 1 aliphatic rings. The average Bonchev–Trinajstić information content (AvgIpc) is 2.69. The monoisotopic (exact) mass is 373 g/mol. The average molecular weight is 373 g/mol. The summed E-state index contributed by atoms with van der Waals surface area (Å²) < 4.78 is 18.5. The van der Waals surface area contributed by atoms with Gasteiger partial charge in [0.1, 0.15) is 5.82 Å². The summed E-state index contributed by atoms with van der Waals surface area (Å²) in [6.07, 6.45) is -1.16. The van der Waals surface area contributed by atoms with Crippen LogP contribution in [0.4, 0.5) is 20.6 Å². The maximum Gasteiger partial charge on any atom is 0.411 e. The molecule has 1 fully saturated rings.